The van der Waals surface area contributed by atoms with Crippen molar-refractivity contribution in [3.8, 4) is 11.5 Å². The molecule has 0 bridgehead atoms. The minimum atomic E-state index is -3.76. The Morgan fingerprint density at radius 3 is 2.50 bits per heavy atom. The lowest BCUT2D eigenvalue weighted by atomic mass is 10.2. The summed E-state index contributed by atoms with van der Waals surface area (Å²) in [6.07, 6.45) is -0.843. The van der Waals surface area contributed by atoms with E-state index in [1.807, 2.05) is 0 Å². The average molecular weight is 303 g/mol. The van der Waals surface area contributed by atoms with E-state index in [-0.39, 0.29) is 18.1 Å². The summed E-state index contributed by atoms with van der Waals surface area (Å²) in [5, 5.41) is 9.59. The molecule has 2 atom stereocenters. The molecule has 0 radical (unpaired) electrons. The second-order valence-corrected chi connectivity index (χ2v) is 6.06. The molecule has 1 aromatic carbocycles. The summed E-state index contributed by atoms with van der Waals surface area (Å²) < 4.78 is 42.0. The van der Waals surface area contributed by atoms with Gasteiger partial charge in [0.15, 0.2) is 11.5 Å². The van der Waals surface area contributed by atoms with Gasteiger partial charge in [-0.1, -0.05) is 0 Å². The van der Waals surface area contributed by atoms with Crippen molar-refractivity contribution in [2.75, 3.05) is 27.4 Å². The van der Waals surface area contributed by atoms with Crippen LogP contribution in [-0.4, -0.2) is 53.1 Å². The van der Waals surface area contributed by atoms with Gasteiger partial charge >= 0.3 is 0 Å². The van der Waals surface area contributed by atoms with E-state index in [1.165, 1.54) is 32.4 Å². The quantitative estimate of drug-likeness (QED) is 0.778. The highest BCUT2D eigenvalue weighted by molar-refractivity contribution is 7.89. The summed E-state index contributed by atoms with van der Waals surface area (Å²) >= 11 is 0. The molecule has 1 heterocycles. The summed E-state index contributed by atoms with van der Waals surface area (Å²) in [4.78, 5) is 0.0363. The minimum absolute atomic E-state index is 0.0363. The molecule has 1 fully saturated rings. The van der Waals surface area contributed by atoms with Gasteiger partial charge < -0.3 is 19.3 Å². The van der Waals surface area contributed by atoms with Crippen molar-refractivity contribution in [1.82, 2.24) is 4.72 Å². The third-order valence-corrected chi connectivity index (χ3v) is 4.51. The van der Waals surface area contributed by atoms with Gasteiger partial charge in [0.25, 0.3) is 0 Å². The number of benzene rings is 1. The summed E-state index contributed by atoms with van der Waals surface area (Å²) in [7, 11) is -0.864. The van der Waals surface area contributed by atoms with Crippen LogP contribution < -0.4 is 14.2 Å². The van der Waals surface area contributed by atoms with E-state index in [0.29, 0.717) is 11.5 Å². The predicted molar refractivity (Wildman–Crippen MR) is 70.5 cm³/mol. The van der Waals surface area contributed by atoms with Crippen LogP contribution in [-0.2, 0) is 14.8 Å². The van der Waals surface area contributed by atoms with Crippen molar-refractivity contribution in [2.24, 2.45) is 0 Å². The van der Waals surface area contributed by atoms with Crippen LogP contribution in [0.25, 0.3) is 0 Å². The lowest BCUT2D eigenvalue weighted by molar-refractivity contribution is 0.124. The SMILES string of the molecule is COc1ccc(S(=O)(=O)N[C@H]2COC[C@@H]2O)cc1OC. The highest BCUT2D eigenvalue weighted by atomic mass is 32.2. The summed E-state index contributed by atoms with van der Waals surface area (Å²) in [5.74, 6) is 0.759. The Morgan fingerprint density at radius 1 is 1.25 bits per heavy atom. The number of methoxy groups -OCH3 is 2. The maximum atomic E-state index is 12.2. The van der Waals surface area contributed by atoms with E-state index >= 15 is 0 Å². The predicted octanol–water partition coefficient (Wildman–Crippen LogP) is -0.258. The number of hydrogen-bond donors (Lipinski definition) is 2. The normalized spacial score (nSPS) is 22.8. The lowest BCUT2D eigenvalue weighted by Crippen LogP contribution is -2.42. The van der Waals surface area contributed by atoms with Gasteiger partial charge in [0.2, 0.25) is 10.0 Å². The van der Waals surface area contributed by atoms with Crippen molar-refractivity contribution in [2.45, 2.75) is 17.0 Å². The second-order valence-electron chi connectivity index (χ2n) is 4.35. The highest BCUT2D eigenvalue weighted by Gasteiger charge is 2.31. The Morgan fingerprint density at radius 2 is 1.95 bits per heavy atom. The fraction of sp³-hybridized carbons (Fsp3) is 0.500. The molecule has 0 aromatic heterocycles. The molecule has 112 valence electrons. The fourth-order valence-electron chi connectivity index (χ4n) is 1.91. The van der Waals surface area contributed by atoms with Gasteiger partial charge in [-0.05, 0) is 12.1 Å². The number of rotatable bonds is 5. The third-order valence-electron chi connectivity index (χ3n) is 3.02. The molecule has 0 saturated carbocycles. The van der Waals surface area contributed by atoms with E-state index in [9.17, 15) is 13.5 Å². The van der Waals surface area contributed by atoms with Gasteiger partial charge in [-0.25, -0.2) is 13.1 Å². The van der Waals surface area contributed by atoms with E-state index in [4.69, 9.17) is 14.2 Å². The van der Waals surface area contributed by atoms with Crippen LogP contribution in [0.2, 0.25) is 0 Å². The first-order valence-electron chi connectivity index (χ1n) is 5.98. The number of ether oxygens (including phenoxy) is 3. The van der Waals surface area contributed by atoms with E-state index in [1.54, 1.807) is 0 Å². The number of aliphatic hydroxyl groups is 1. The van der Waals surface area contributed by atoms with Crippen LogP contribution in [0.15, 0.2) is 23.1 Å². The number of sulfonamides is 1. The van der Waals surface area contributed by atoms with Crippen molar-refractivity contribution < 1.29 is 27.7 Å². The molecule has 1 aliphatic rings. The number of aliphatic hydroxyl groups excluding tert-OH is 1. The zero-order valence-corrected chi connectivity index (χ0v) is 12.0. The van der Waals surface area contributed by atoms with Crippen LogP contribution in [0.1, 0.15) is 0 Å². The molecule has 1 saturated heterocycles. The molecule has 2 N–H and O–H groups in total. The van der Waals surface area contributed by atoms with Gasteiger partial charge in [0.05, 0.1) is 44.5 Å². The fourth-order valence-corrected chi connectivity index (χ4v) is 3.18. The summed E-state index contributed by atoms with van der Waals surface area (Å²) in [6, 6.07) is 3.64. The van der Waals surface area contributed by atoms with Crippen molar-refractivity contribution in [3.05, 3.63) is 18.2 Å². The molecule has 7 nitrogen and oxygen atoms in total. The first-order valence-corrected chi connectivity index (χ1v) is 7.46. The summed E-state index contributed by atoms with van der Waals surface area (Å²) in [5.41, 5.74) is 0. The molecule has 1 aromatic rings. The van der Waals surface area contributed by atoms with Crippen LogP contribution in [0.5, 0.6) is 11.5 Å². The lowest BCUT2D eigenvalue weighted by Gasteiger charge is -2.16. The Kier molecular flexibility index (Phi) is 4.48. The van der Waals surface area contributed by atoms with Gasteiger partial charge in [0, 0.05) is 6.07 Å². The van der Waals surface area contributed by atoms with E-state index < -0.39 is 22.2 Å². The number of hydrogen-bond acceptors (Lipinski definition) is 6. The maximum Gasteiger partial charge on any atom is 0.241 e. The van der Waals surface area contributed by atoms with E-state index in [2.05, 4.69) is 4.72 Å². The van der Waals surface area contributed by atoms with Crippen molar-refractivity contribution in [1.29, 1.82) is 0 Å². The van der Waals surface area contributed by atoms with Crippen molar-refractivity contribution >= 4 is 10.0 Å². The summed E-state index contributed by atoms with van der Waals surface area (Å²) in [6.45, 7) is 0.271. The van der Waals surface area contributed by atoms with Gasteiger partial charge in [-0.3, -0.25) is 0 Å². The Bertz CT molecular complexity index is 573. The van der Waals surface area contributed by atoms with Crippen LogP contribution in [0.3, 0.4) is 0 Å². The zero-order valence-electron chi connectivity index (χ0n) is 11.2. The highest BCUT2D eigenvalue weighted by Crippen LogP contribution is 2.29. The largest absolute Gasteiger partial charge is 0.493 e. The molecule has 0 aliphatic carbocycles. The smallest absolute Gasteiger partial charge is 0.241 e. The standard InChI is InChI=1S/C12H17NO6S/c1-17-11-4-3-8(5-12(11)18-2)20(15,16)13-9-6-19-7-10(9)14/h3-5,9-10,13-14H,6-7H2,1-2H3/t9-,10-/m0/s1. The van der Waals surface area contributed by atoms with Crippen LogP contribution in [0.4, 0.5) is 0 Å². The van der Waals surface area contributed by atoms with Gasteiger partial charge in [0.1, 0.15) is 0 Å². The minimum Gasteiger partial charge on any atom is -0.493 e. The third kappa shape index (κ3) is 3.04. The van der Waals surface area contributed by atoms with Crippen LogP contribution in [0, 0.1) is 0 Å². The molecule has 1 aliphatic heterocycles. The Hall–Kier alpha value is -1.35. The number of nitrogens with one attached hydrogen (secondary N) is 1. The molecule has 20 heavy (non-hydrogen) atoms. The van der Waals surface area contributed by atoms with Crippen molar-refractivity contribution in [3.63, 3.8) is 0 Å². The molecule has 0 amide bonds. The zero-order chi connectivity index (χ0) is 14.8. The second kappa shape index (κ2) is 5.96. The van der Waals surface area contributed by atoms with Gasteiger partial charge in [-0.2, -0.15) is 0 Å². The Balaban J connectivity index is 2.25. The molecule has 2 rings (SSSR count). The Labute approximate surface area is 117 Å². The molecule has 8 heteroatoms. The van der Waals surface area contributed by atoms with Gasteiger partial charge in [-0.15, -0.1) is 0 Å². The molecule has 0 spiro atoms. The average Bonchev–Trinajstić information content (AvgIpc) is 2.82. The van der Waals surface area contributed by atoms with E-state index in [0.717, 1.165) is 0 Å². The maximum absolute atomic E-state index is 12.2. The first-order chi connectivity index (χ1) is 9.47. The van der Waals surface area contributed by atoms with Crippen LogP contribution >= 0.6 is 0 Å². The monoisotopic (exact) mass is 303 g/mol. The first kappa shape index (κ1) is 15.0. The molecular formula is C12H17NO6S. The molecular weight excluding hydrogens is 286 g/mol. The molecule has 0 unspecified atom stereocenters. The topological polar surface area (TPSA) is 94.1 Å².